The molecule has 0 aromatic carbocycles. The summed E-state index contributed by atoms with van der Waals surface area (Å²) in [6.45, 7) is 6.77. The van der Waals surface area contributed by atoms with Crippen LogP contribution < -0.4 is 15.4 Å². The maximum Gasteiger partial charge on any atom is 0.213 e. The minimum Gasteiger partial charge on any atom is -0.477 e. The van der Waals surface area contributed by atoms with Gasteiger partial charge in [-0.2, -0.15) is 0 Å². The zero-order valence-corrected chi connectivity index (χ0v) is 19.3. The quantitative estimate of drug-likeness (QED) is 0.324. The number of ether oxygens (including phenoxy) is 1. The lowest BCUT2D eigenvalue weighted by atomic mass is 9.91. The first kappa shape index (κ1) is 21.9. The molecule has 27 heavy (non-hydrogen) atoms. The average Bonchev–Trinajstić information content (AvgIpc) is 3.30. The van der Waals surface area contributed by atoms with Crippen LogP contribution in [0.1, 0.15) is 37.1 Å². The van der Waals surface area contributed by atoms with Crippen molar-refractivity contribution in [1.29, 1.82) is 0 Å². The van der Waals surface area contributed by atoms with Crippen LogP contribution in [0.25, 0.3) is 0 Å². The molecule has 2 N–H and O–H groups in total. The highest BCUT2D eigenvalue weighted by Gasteiger charge is 2.22. The lowest BCUT2D eigenvalue weighted by molar-refractivity contribution is 0.288. The molecule has 0 aliphatic heterocycles. The Morgan fingerprint density at radius 2 is 2.15 bits per heavy atom. The van der Waals surface area contributed by atoms with Gasteiger partial charge in [-0.15, -0.1) is 35.3 Å². The summed E-state index contributed by atoms with van der Waals surface area (Å²) >= 11 is 1.79. The van der Waals surface area contributed by atoms with Gasteiger partial charge in [0, 0.05) is 42.7 Å². The SMILES string of the molecule is CN=C(NCc1ccnc(OCC2CC2)c1)NCC(C)(C)c1cccs1.I. The van der Waals surface area contributed by atoms with E-state index in [9.17, 15) is 0 Å². The Kier molecular flexibility index (Phi) is 8.34. The summed E-state index contributed by atoms with van der Waals surface area (Å²) < 4.78 is 5.75. The van der Waals surface area contributed by atoms with Gasteiger partial charge in [-0.25, -0.2) is 4.98 Å². The van der Waals surface area contributed by atoms with E-state index in [1.165, 1.54) is 17.7 Å². The standard InChI is InChI=1S/C20H28N4OS.HI/c1-20(2,17-5-4-10-26-17)14-24-19(21-3)23-12-16-8-9-22-18(11-16)25-13-15-6-7-15;/h4-5,8-11,15H,6-7,12-14H2,1-3H3,(H2,21,23,24);1H. The number of nitrogens with zero attached hydrogens (tertiary/aromatic N) is 2. The second-order valence-corrected chi connectivity index (χ2v) is 8.34. The van der Waals surface area contributed by atoms with Crippen LogP contribution in [0, 0.1) is 5.92 Å². The molecule has 148 valence electrons. The average molecular weight is 500 g/mol. The van der Waals surface area contributed by atoms with Crippen molar-refractivity contribution in [3.05, 3.63) is 46.3 Å². The van der Waals surface area contributed by atoms with E-state index in [0.717, 1.165) is 30.6 Å². The van der Waals surface area contributed by atoms with Crippen molar-refractivity contribution < 1.29 is 4.74 Å². The van der Waals surface area contributed by atoms with Crippen LogP contribution >= 0.6 is 35.3 Å². The van der Waals surface area contributed by atoms with Crippen molar-refractivity contribution in [3.8, 4) is 5.88 Å². The number of nitrogens with one attached hydrogen (secondary N) is 2. The van der Waals surface area contributed by atoms with Crippen molar-refractivity contribution >= 4 is 41.3 Å². The Morgan fingerprint density at radius 3 is 2.81 bits per heavy atom. The van der Waals surface area contributed by atoms with E-state index in [1.54, 1.807) is 24.6 Å². The Morgan fingerprint density at radius 1 is 1.33 bits per heavy atom. The van der Waals surface area contributed by atoms with E-state index in [2.05, 4.69) is 52.0 Å². The fourth-order valence-corrected chi connectivity index (χ4v) is 3.44. The van der Waals surface area contributed by atoms with Crippen LogP contribution in [-0.4, -0.2) is 31.1 Å². The molecule has 5 nitrogen and oxygen atoms in total. The molecule has 3 rings (SSSR count). The van der Waals surface area contributed by atoms with Crippen LogP contribution in [0.2, 0.25) is 0 Å². The van der Waals surface area contributed by atoms with Gasteiger partial charge in [0.1, 0.15) is 0 Å². The predicted octanol–water partition coefficient (Wildman–Crippen LogP) is 4.19. The maximum absolute atomic E-state index is 5.75. The van der Waals surface area contributed by atoms with Crippen LogP contribution in [-0.2, 0) is 12.0 Å². The van der Waals surface area contributed by atoms with Gasteiger partial charge < -0.3 is 15.4 Å². The van der Waals surface area contributed by atoms with Gasteiger partial charge in [0.15, 0.2) is 5.96 Å². The molecule has 1 saturated carbocycles. The molecule has 0 saturated heterocycles. The van der Waals surface area contributed by atoms with E-state index in [0.29, 0.717) is 12.4 Å². The van der Waals surface area contributed by atoms with E-state index in [4.69, 9.17) is 4.74 Å². The van der Waals surface area contributed by atoms with E-state index < -0.39 is 0 Å². The van der Waals surface area contributed by atoms with Gasteiger partial charge in [-0.05, 0) is 41.8 Å². The Bertz CT molecular complexity index is 729. The molecule has 2 heterocycles. The summed E-state index contributed by atoms with van der Waals surface area (Å²) in [4.78, 5) is 9.99. The molecule has 0 spiro atoms. The topological polar surface area (TPSA) is 58.5 Å². The summed E-state index contributed by atoms with van der Waals surface area (Å²) in [5, 5.41) is 8.92. The highest BCUT2D eigenvalue weighted by Crippen LogP contribution is 2.29. The normalized spacial score (nSPS) is 14.4. The number of halogens is 1. The molecule has 0 unspecified atom stereocenters. The first-order valence-electron chi connectivity index (χ1n) is 9.13. The van der Waals surface area contributed by atoms with E-state index >= 15 is 0 Å². The summed E-state index contributed by atoms with van der Waals surface area (Å²) in [6, 6.07) is 8.28. The fraction of sp³-hybridized carbons (Fsp3) is 0.500. The van der Waals surface area contributed by atoms with Gasteiger partial charge >= 0.3 is 0 Å². The Balaban J connectivity index is 0.00000261. The van der Waals surface area contributed by atoms with Crippen LogP contribution in [0.5, 0.6) is 5.88 Å². The first-order chi connectivity index (χ1) is 12.6. The molecule has 2 aromatic rings. The molecule has 7 heteroatoms. The maximum atomic E-state index is 5.75. The lowest BCUT2D eigenvalue weighted by Crippen LogP contribution is -2.42. The number of hydrogen-bond acceptors (Lipinski definition) is 4. The first-order valence-corrected chi connectivity index (χ1v) is 10.0. The Labute approximate surface area is 183 Å². The molecule has 0 radical (unpaired) electrons. The third-order valence-corrected chi connectivity index (χ3v) is 5.77. The van der Waals surface area contributed by atoms with E-state index in [-0.39, 0.29) is 29.4 Å². The van der Waals surface area contributed by atoms with Crippen molar-refractivity contribution in [2.24, 2.45) is 10.9 Å². The van der Waals surface area contributed by atoms with Crippen molar-refractivity contribution in [1.82, 2.24) is 15.6 Å². The smallest absolute Gasteiger partial charge is 0.213 e. The minimum absolute atomic E-state index is 0. The second kappa shape index (κ2) is 10.3. The highest BCUT2D eigenvalue weighted by molar-refractivity contribution is 14.0. The number of thiophene rings is 1. The van der Waals surface area contributed by atoms with Crippen LogP contribution in [0.4, 0.5) is 0 Å². The summed E-state index contributed by atoms with van der Waals surface area (Å²) in [5.74, 6) is 2.23. The van der Waals surface area contributed by atoms with Crippen molar-refractivity contribution in [3.63, 3.8) is 0 Å². The summed E-state index contributed by atoms with van der Waals surface area (Å²) in [7, 11) is 1.80. The molecule has 1 aliphatic carbocycles. The van der Waals surface area contributed by atoms with Gasteiger partial charge in [0.05, 0.1) is 6.61 Å². The molecule has 2 aromatic heterocycles. The number of aliphatic imine (C=N–C) groups is 1. The predicted molar refractivity (Wildman–Crippen MR) is 123 cm³/mol. The summed E-state index contributed by atoms with van der Waals surface area (Å²) in [5.41, 5.74) is 1.19. The van der Waals surface area contributed by atoms with Crippen molar-refractivity contribution in [2.45, 2.75) is 38.6 Å². The molecule has 0 bridgehead atoms. The van der Waals surface area contributed by atoms with Gasteiger partial charge in [0.2, 0.25) is 5.88 Å². The zero-order chi connectivity index (χ0) is 18.4. The molecule has 1 aliphatic rings. The fourth-order valence-electron chi connectivity index (χ4n) is 2.59. The third-order valence-electron chi connectivity index (χ3n) is 4.53. The van der Waals surface area contributed by atoms with Gasteiger partial charge in [-0.3, -0.25) is 4.99 Å². The van der Waals surface area contributed by atoms with E-state index in [1.807, 2.05) is 12.1 Å². The molecular weight excluding hydrogens is 471 g/mol. The van der Waals surface area contributed by atoms with Crippen molar-refractivity contribution in [2.75, 3.05) is 20.2 Å². The van der Waals surface area contributed by atoms with Crippen LogP contribution in [0.3, 0.4) is 0 Å². The summed E-state index contributed by atoms with van der Waals surface area (Å²) in [6.07, 6.45) is 4.37. The number of rotatable bonds is 8. The molecule has 0 amide bonds. The molecule has 1 fully saturated rings. The lowest BCUT2D eigenvalue weighted by Gasteiger charge is -2.25. The zero-order valence-electron chi connectivity index (χ0n) is 16.2. The number of pyridine rings is 1. The van der Waals surface area contributed by atoms with Gasteiger partial charge in [-0.1, -0.05) is 19.9 Å². The number of aromatic nitrogens is 1. The monoisotopic (exact) mass is 500 g/mol. The number of guanidine groups is 1. The second-order valence-electron chi connectivity index (χ2n) is 7.40. The molecule has 0 atom stereocenters. The molecular formula is C20H29IN4OS. The third kappa shape index (κ3) is 6.95. The van der Waals surface area contributed by atoms with Gasteiger partial charge in [0.25, 0.3) is 0 Å². The number of hydrogen-bond donors (Lipinski definition) is 2. The minimum atomic E-state index is 0. The Hall–Kier alpha value is -1.35. The largest absolute Gasteiger partial charge is 0.477 e. The highest BCUT2D eigenvalue weighted by atomic mass is 127. The van der Waals surface area contributed by atoms with Crippen LogP contribution in [0.15, 0.2) is 40.8 Å².